The van der Waals surface area contributed by atoms with Crippen LogP contribution in [0.5, 0.6) is 0 Å². The molecule has 0 aliphatic carbocycles. The first-order valence-electron chi connectivity index (χ1n) is 1.76. The standard InChI is InChI=1S/C5H4N.ClH/c1-2-4-6-5-3-1;/h2-5H;1H. The van der Waals surface area contributed by atoms with E-state index >= 15 is 0 Å². The highest BCUT2D eigenvalue weighted by molar-refractivity contribution is 5.85. The number of pyridine rings is 1. The van der Waals surface area contributed by atoms with Gasteiger partial charge in [0.25, 0.3) is 0 Å². The Morgan fingerprint density at radius 2 is 1.71 bits per heavy atom. The summed E-state index contributed by atoms with van der Waals surface area (Å²) >= 11 is 0. The molecule has 0 aliphatic heterocycles. The van der Waals surface area contributed by atoms with Gasteiger partial charge in [0, 0.05) is 12.4 Å². The smallest absolute Gasteiger partial charge is 0.0273 e. The van der Waals surface area contributed by atoms with Gasteiger partial charge in [0.2, 0.25) is 0 Å². The Morgan fingerprint density at radius 1 is 1.14 bits per heavy atom. The maximum atomic E-state index is 3.75. The van der Waals surface area contributed by atoms with Crippen molar-refractivity contribution in [3.63, 3.8) is 0 Å². The first-order valence-corrected chi connectivity index (χ1v) is 1.76. The second-order valence-corrected chi connectivity index (χ2v) is 0.947. The normalized spacial score (nSPS) is 6.86. The zero-order valence-electron chi connectivity index (χ0n) is 3.66. The molecule has 1 rings (SSSR count). The first-order chi connectivity index (χ1) is 3.00. The molecule has 2 heteroatoms. The molecule has 0 N–H and O–H groups in total. The summed E-state index contributed by atoms with van der Waals surface area (Å²) in [5.74, 6) is 0. The second-order valence-electron chi connectivity index (χ2n) is 0.947. The van der Waals surface area contributed by atoms with Gasteiger partial charge in [-0.25, -0.2) is 0 Å². The topological polar surface area (TPSA) is 12.9 Å². The Morgan fingerprint density at radius 3 is 1.86 bits per heavy atom. The highest BCUT2D eigenvalue weighted by Gasteiger charge is 1.59. The fourth-order valence-corrected chi connectivity index (χ4v) is 0.277. The van der Waals surface area contributed by atoms with E-state index in [1.807, 2.05) is 0 Å². The predicted molar refractivity (Wildman–Crippen MR) is 30.3 cm³/mol. The van der Waals surface area contributed by atoms with Crippen molar-refractivity contribution in [3.05, 3.63) is 30.6 Å². The molecule has 1 radical (unpaired) electrons. The van der Waals surface area contributed by atoms with E-state index in [-0.39, 0.29) is 12.4 Å². The molecule has 37 valence electrons. The minimum absolute atomic E-state index is 0. The molecule has 0 saturated heterocycles. The number of halogens is 1. The lowest BCUT2D eigenvalue weighted by Gasteiger charge is -1.69. The number of rotatable bonds is 0. The number of hydrogen-bond acceptors (Lipinski definition) is 1. The molecule has 1 heterocycles. The maximum Gasteiger partial charge on any atom is 0.0273 e. The van der Waals surface area contributed by atoms with E-state index in [2.05, 4.69) is 11.1 Å². The summed E-state index contributed by atoms with van der Waals surface area (Å²) in [5, 5.41) is 0. The van der Waals surface area contributed by atoms with Crippen molar-refractivity contribution in [2.75, 3.05) is 0 Å². The van der Waals surface area contributed by atoms with Gasteiger partial charge < -0.3 is 0 Å². The number of hydrogen-bond donors (Lipinski definition) is 0. The molecule has 0 spiro atoms. The SMILES string of the molecule is Cl.[c]1ccncc1. The van der Waals surface area contributed by atoms with Crippen LogP contribution in [0.2, 0.25) is 0 Å². The van der Waals surface area contributed by atoms with Gasteiger partial charge in [-0.1, -0.05) is 0 Å². The predicted octanol–water partition coefficient (Wildman–Crippen LogP) is 1.30. The lowest BCUT2D eigenvalue weighted by molar-refractivity contribution is 1.33. The van der Waals surface area contributed by atoms with Gasteiger partial charge in [-0.2, -0.15) is 0 Å². The van der Waals surface area contributed by atoms with E-state index in [9.17, 15) is 0 Å². The van der Waals surface area contributed by atoms with Crippen LogP contribution >= 0.6 is 12.4 Å². The lowest BCUT2D eigenvalue weighted by atomic mass is 10.5. The molecule has 0 fully saturated rings. The summed E-state index contributed by atoms with van der Waals surface area (Å²) in [4.78, 5) is 3.75. The molecule has 1 aromatic heterocycles. The van der Waals surface area contributed by atoms with Crippen LogP contribution in [0, 0.1) is 6.07 Å². The Kier molecular flexibility index (Phi) is 3.33. The quantitative estimate of drug-likeness (QED) is 0.496. The van der Waals surface area contributed by atoms with Crippen molar-refractivity contribution in [2.24, 2.45) is 0 Å². The molecule has 0 aromatic carbocycles. The van der Waals surface area contributed by atoms with Crippen LogP contribution in [0.15, 0.2) is 24.5 Å². The summed E-state index contributed by atoms with van der Waals surface area (Å²) < 4.78 is 0. The Bertz CT molecular complexity index is 80.0. The third-order valence-electron chi connectivity index (χ3n) is 0.514. The molecule has 1 nitrogen and oxygen atoms in total. The van der Waals surface area contributed by atoms with Crippen LogP contribution in [0.1, 0.15) is 0 Å². The molecule has 0 saturated carbocycles. The van der Waals surface area contributed by atoms with E-state index in [1.165, 1.54) is 0 Å². The highest BCUT2D eigenvalue weighted by atomic mass is 35.5. The van der Waals surface area contributed by atoms with E-state index in [4.69, 9.17) is 0 Å². The minimum Gasteiger partial charge on any atom is -0.265 e. The molecule has 7 heavy (non-hydrogen) atoms. The van der Waals surface area contributed by atoms with Crippen molar-refractivity contribution in [3.8, 4) is 0 Å². The maximum absolute atomic E-state index is 3.75. The fraction of sp³-hybridized carbons (Fsp3) is 0. The van der Waals surface area contributed by atoms with Crippen LogP contribution in [0.3, 0.4) is 0 Å². The molecular weight excluding hydrogens is 110 g/mol. The molecule has 0 amide bonds. The number of nitrogens with zero attached hydrogens (tertiary/aromatic N) is 1. The highest BCUT2D eigenvalue weighted by Crippen LogP contribution is 1.72. The molecule has 0 atom stereocenters. The average molecular weight is 115 g/mol. The summed E-state index contributed by atoms with van der Waals surface area (Å²) in [6.07, 6.45) is 3.39. The van der Waals surface area contributed by atoms with E-state index in [0.29, 0.717) is 0 Å². The lowest BCUT2D eigenvalue weighted by Crippen LogP contribution is -1.59. The fourth-order valence-electron chi connectivity index (χ4n) is 0.277. The van der Waals surface area contributed by atoms with Crippen molar-refractivity contribution >= 4 is 12.4 Å². The zero-order valence-corrected chi connectivity index (χ0v) is 4.48. The van der Waals surface area contributed by atoms with Gasteiger partial charge in [-0.3, -0.25) is 4.98 Å². The van der Waals surface area contributed by atoms with Crippen LogP contribution in [0.25, 0.3) is 0 Å². The van der Waals surface area contributed by atoms with Crippen LogP contribution in [-0.2, 0) is 0 Å². The van der Waals surface area contributed by atoms with Crippen molar-refractivity contribution in [2.45, 2.75) is 0 Å². The summed E-state index contributed by atoms with van der Waals surface area (Å²) in [5.41, 5.74) is 0. The largest absolute Gasteiger partial charge is 0.265 e. The van der Waals surface area contributed by atoms with E-state index < -0.39 is 0 Å². The van der Waals surface area contributed by atoms with Gasteiger partial charge in [0.05, 0.1) is 0 Å². The monoisotopic (exact) mass is 114 g/mol. The minimum atomic E-state index is 0. The summed E-state index contributed by atoms with van der Waals surface area (Å²) in [6.45, 7) is 0. The third kappa shape index (κ3) is 2.18. The zero-order chi connectivity index (χ0) is 4.24. The first kappa shape index (κ1) is 6.44. The van der Waals surface area contributed by atoms with Gasteiger partial charge in [0.15, 0.2) is 0 Å². The van der Waals surface area contributed by atoms with Crippen LogP contribution in [0.4, 0.5) is 0 Å². The van der Waals surface area contributed by atoms with Crippen molar-refractivity contribution in [1.82, 2.24) is 4.98 Å². The average Bonchev–Trinajstić information content (AvgIpc) is 1.72. The van der Waals surface area contributed by atoms with Crippen LogP contribution < -0.4 is 0 Å². The molecule has 0 unspecified atom stereocenters. The number of aromatic nitrogens is 1. The molecule has 0 aliphatic rings. The van der Waals surface area contributed by atoms with Crippen molar-refractivity contribution < 1.29 is 0 Å². The summed E-state index contributed by atoms with van der Waals surface area (Å²) in [7, 11) is 0. The Balaban J connectivity index is 0.000000360. The van der Waals surface area contributed by atoms with Crippen LogP contribution in [-0.4, -0.2) is 4.98 Å². The third-order valence-corrected chi connectivity index (χ3v) is 0.514. The van der Waals surface area contributed by atoms with E-state index in [1.54, 1.807) is 24.5 Å². The summed E-state index contributed by atoms with van der Waals surface area (Å²) in [6, 6.07) is 6.36. The van der Waals surface area contributed by atoms with Gasteiger partial charge >= 0.3 is 0 Å². The molecule has 1 aromatic rings. The van der Waals surface area contributed by atoms with Gasteiger partial charge in [0.1, 0.15) is 0 Å². The molecular formula is C5H5ClN. The van der Waals surface area contributed by atoms with Crippen molar-refractivity contribution in [1.29, 1.82) is 0 Å². The molecule has 0 bridgehead atoms. The van der Waals surface area contributed by atoms with Gasteiger partial charge in [-0.05, 0) is 18.2 Å². The van der Waals surface area contributed by atoms with Gasteiger partial charge in [-0.15, -0.1) is 12.4 Å². The second kappa shape index (κ2) is 3.62. The Labute approximate surface area is 48.8 Å². The van der Waals surface area contributed by atoms with E-state index in [0.717, 1.165) is 0 Å². The Hall–Kier alpha value is -0.560.